The van der Waals surface area contributed by atoms with Crippen LogP contribution < -0.4 is 15.0 Å². The van der Waals surface area contributed by atoms with Crippen LogP contribution in [0.5, 0.6) is 11.5 Å². The highest BCUT2D eigenvalue weighted by atomic mass is 79.9. The van der Waals surface area contributed by atoms with Crippen LogP contribution in [0.25, 0.3) is 10.9 Å². The van der Waals surface area contributed by atoms with Gasteiger partial charge in [0.05, 0.1) is 29.2 Å². The van der Waals surface area contributed by atoms with Gasteiger partial charge >= 0.3 is 5.69 Å². The van der Waals surface area contributed by atoms with Crippen LogP contribution in [0.4, 0.5) is 5.69 Å². The van der Waals surface area contributed by atoms with E-state index in [0.29, 0.717) is 39.3 Å². The molecule has 0 aliphatic heterocycles. The molecular formula is C25H20BrClN4O5. The summed E-state index contributed by atoms with van der Waals surface area (Å²) in [6.45, 7) is 1.87. The number of hydrogen-bond donors (Lipinski definition) is 0. The number of nitro groups is 1. The monoisotopic (exact) mass is 570 g/mol. The van der Waals surface area contributed by atoms with E-state index in [2.05, 4.69) is 26.0 Å². The predicted octanol–water partition coefficient (Wildman–Crippen LogP) is 5.75. The van der Waals surface area contributed by atoms with Crippen molar-refractivity contribution in [2.45, 2.75) is 20.0 Å². The minimum Gasteiger partial charge on any atom is -0.493 e. The van der Waals surface area contributed by atoms with Crippen molar-refractivity contribution in [2.24, 2.45) is 5.10 Å². The van der Waals surface area contributed by atoms with Crippen LogP contribution in [0.3, 0.4) is 0 Å². The first-order valence-electron chi connectivity index (χ1n) is 10.8. The Morgan fingerprint density at radius 1 is 1.22 bits per heavy atom. The molecule has 0 aliphatic rings. The number of rotatable bonds is 8. The zero-order valence-electron chi connectivity index (χ0n) is 19.3. The van der Waals surface area contributed by atoms with Gasteiger partial charge in [0.25, 0.3) is 5.56 Å². The molecule has 0 radical (unpaired) electrons. The van der Waals surface area contributed by atoms with E-state index in [4.69, 9.17) is 21.1 Å². The number of fused-ring (bicyclic) bond motifs is 1. The zero-order valence-corrected chi connectivity index (χ0v) is 21.6. The van der Waals surface area contributed by atoms with Crippen LogP contribution in [0.1, 0.15) is 23.9 Å². The van der Waals surface area contributed by atoms with Crippen molar-refractivity contribution in [3.05, 3.63) is 102 Å². The molecule has 4 rings (SSSR count). The second kappa shape index (κ2) is 10.9. The van der Waals surface area contributed by atoms with E-state index >= 15 is 0 Å². The third kappa shape index (κ3) is 5.24. The molecule has 9 nitrogen and oxygen atoms in total. The Balaban J connectivity index is 1.74. The van der Waals surface area contributed by atoms with Gasteiger partial charge in [0.1, 0.15) is 12.4 Å². The Morgan fingerprint density at radius 2 is 2.00 bits per heavy atom. The Kier molecular flexibility index (Phi) is 7.66. The number of ether oxygens (including phenoxy) is 2. The second-order valence-electron chi connectivity index (χ2n) is 7.61. The molecule has 0 unspecified atom stereocenters. The van der Waals surface area contributed by atoms with Crippen LogP contribution in [0, 0.1) is 10.1 Å². The summed E-state index contributed by atoms with van der Waals surface area (Å²) in [5, 5.41) is 17.0. The molecule has 0 saturated carbocycles. The first-order valence-corrected chi connectivity index (χ1v) is 12.0. The van der Waals surface area contributed by atoms with E-state index < -0.39 is 4.92 Å². The lowest BCUT2D eigenvalue weighted by Crippen LogP contribution is -2.22. The molecule has 0 spiro atoms. The maximum Gasteiger partial charge on any atom is 0.315 e. The average molecular weight is 572 g/mol. The number of halogens is 2. The third-order valence-electron chi connectivity index (χ3n) is 5.32. The Labute approximate surface area is 219 Å². The summed E-state index contributed by atoms with van der Waals surface area (Å²) in [7, 11) is 1.38. The first kappa shape index (κ1) is 25.3. The molecule has 1 aromatic heterocycles. The van der Waals surface area contributed by atoms with Gasteiger partial charge in [0, 0.05) is 33.1 Å². The van der Waals surface area contributed by atoms with Crippen molar-refractivity contribution in [2.75, 3.05) is 7.11 Å². The molecule has 11 heteroatoms. The van der Waals surface area contributed by atoms with E-state index in [1.807, 2.05) is 13.0 Å². The lowest BCUT2D eigenvalue weighted by atomic mass is 10.1. The lowest BCUT2D eigenvalue weighted by molar-refractivity contribution is -0.386. The van der Waals surface area contributed by atoms with Gasteiger partial charge in [0.15, 0.2) is 5.75 Å². The van der Waals surface area contributed by atoms with Gasteiger partial charge < -0.3 is 9.47 Å². The molecule has 1 heterocycles. The Bertz CT molecular complexity index is 1550. The molecule has 0 amide bonds. The minimum atomic E-state index is -0.569. The van der Waals surface area contributed by atoms with Gasteiger partial charge in [0.2, 0.25) is 5.75 Å². The van der Waals surface area contributed by atoms with E-state index in [1.54, 1.807) is 42.5 Å². The van der Waals surface area contributed by atoms with Crippen molar-refractivity contribution < 1.29 is 14.4 Å². The smallest absolute Gasteiger partial charge is 0.315 e. The third-order valence-corrected chi connectivity index (χ3v) is 6.18. The number of nitro benzene ring substituents is 1. The molecule has 36 heavy (non-hydrogen) atoms. The number of aromatic nitrogens is 2. The van der Waals surface area contributed by atoms with Gasteiger partial charge in [-0.1, -0.05) is 52.7 Å². The Hall–Kier alpha value is -3.76. The highest BCUT2D eigenvalue weighted by Gasteiger charge is 2.22. The largest absolute Gasteiger partial charge is 0.493 e. The topological polar surface area (TPSA) is 109 Å². The van der Waals surface area contributed by atoms with E-state index in [0.717, 1.165) is 4.47 Å². The Morgan fingerprint density at radius 3 is 2.69 bits per heavy atom. The maximum absolute atomic E-state index is 13.1. The fraction of sp³-hybridized carbons (Fsp3) is 0.160. The molecule has 0 atom stereocenters. The van der Waals surface area contributed by atoms with Gasteiger partial charge in [-0.2, -0.15) is 9.78 Å². The van der Waals surface area contributed by atoms with Crippen molar-refractivity contribution in [1.82, 2.24) is 9.66 Å². The van der Waals surface area contributed by atoms with Crippen LogP contribution in [0.2, 0.25) is 5.02 Å². The summed E-state index contributed by atoms with van der Waals surface area (Å²) < 4.78 is 13.1. The molecule has 3 aromatic carbocycles. The highest BCUT2D eigenvalue weighted by molar-refractivity contribution is 9.10. The SMILES string of the molecule is CCc1nc2ccc(Br)cc2c(=O)n1N=Cc1cc(OC)c(OCc2ccccc2Cl)c([N+](=O)[O-])c1. The van der Waals surface area contributed by atoms with E-state index in [1.165, 1.54) is 24.1 Å². The molecule has 0 N–H and O–H groups in total. The van der Waals surface area contributed by atoms with Gasteiger partial charge in [-0.25, -0.2) is 4.98 Å². The standard InChI is InChI=1S/C25H20BrClN4O5/c1-3-23-29-20-9-8-17(26)12-18(20)25(32)30(23)28-13-15-10-21(31(33)34)24(22(11-15)35-2)36-14-16-6-4-5-7-19(16)27/h4-13H,3,14H2,1-2H3. The summed E-state index contributed by atoms with van der Waals surface area (Å²) in [6, 6.07) is 15.1. The van der Waals surface area contributed by atoms with Crippen LogP contribution in [-0.4, -0.2) is 27.9 Å². The summed E-state index contributed by atoms with van der Waals surface area (Å²) in [5.41, 5.74) is 0.904. The van der Waals surface area contributed by atoms with Crippen LogP contribution >= 0.6 is 27.5 Å². The lowest BCUT2D eigenvalue weighted by Gasteiger charge is -2.13. The van der Waals surface area contributed by atoms with Crippen molar-refractivity contribution in [3.8, 4) is 11.5 Å². The number of benzene rings is 3. The molecular weight excluding hydrogens is 552 g/mol. The second-order valence-corrected chi connectivity index (χ2v) is 8.94. The summed E-state index contributed by atoms with van der Waals surface area (Å²) in [6.07, 6.45) is 1.80. The maximum atomic E-state index is 13.1. The summed E-state index contributed by atoms with van der Waals surface area (Å²) >= 11 is 9.54. The molecule has 0 aliphatic carbocycles. The van der Waals surface area contributed by atoms with Crippen LogP contribution in [-0.2, 0) is 13.0 Å². The van der Waals surface area contributed by atoms with Crippen LogP contribution in [0.15, 0.2) is 69.0 Å². The van der Waals surface area contributed by atoms with E-state index in [9.17, 15) is 14.9 Å². The van der Waals surface area contributed by atoms with Gasteiger partial charge in [-0.15, -0.1) is 0 Å². The number of methoxy groups -OCH3 is 1. The zero-order chi connectivity index (χ0) is 25.8. The number of nitrogens with zero attached hydrogens (tertiary/aromatic N) is 4. The molecule has 0 bridgehead atoms. The fourth-order valence-electron chi connectivity index (χ4n) is 3.55. The highest BCUT2D eigenvalue weighted by Crippen LogP contribution is 2.38. The molecule has 0 fully saturated rings. The van der Waals surface area contributed by atoms with E-state index in [-0.39, 0.29) is 29.4 Å². The van der Waals surface area contributed by atoms with Gasteiger partial charge in [-0.3, -0.25) is 14.9 Å². The minimum absolute atomic E-state index is 0.0118. The number of hydrogen-bond acceptors (Lipinski definition) is 7. The average Bonchev–Trinajstić information content (AvgIpc) is 2.87. The molecule has 0 saturated heterocycles. The van der Waals surface area contributed by atoms with Crippen molar-refractivity contribution >= 4 is 50.3 Å². The molecule has 4 aromatic rings. The number of aryl methyl sites for hydroxylation is 1. The summed E-state index contributed by atoms with van der Waals surface area (Å²) in [4.78, 5) is 28.9. The quantitative estimate of drug-likeness (QED) is 0.151. The molecule has 184 valence electrons. The summed E-state index contributed by atoms with van der Waals surface area (Å²) in [5.74, 6) is 0.553. The fourth-order valence-corrected chi connectivity index (χ4v) is 4.10. The first-order chi connectivity index (χ1) is 17.3. The normalized spacial score (nSPS) is 11.2. The van der Waals surface area contributed by atoms with Gasteiger partial charge in [-0.05, 0) is 30.3 Å². The van der Waals surface area contributed by atoms with Crippen molar-refractivity contribution in [1.29, 1.82) is 0 Å². The predicted molar refractivity (Wildman–Crippen MR) is 142 cm³/mol. The van der Waals surface area contributed by atoms with Crippen molar-refractivity contribution in [3.63, 3.8) is 0 Å².